The minimum absolute atomic E-state index is 0.104. The number of aromatic nitrogens is 4. The molecule has 132 valence electrons. The topological polar surface area (TPSA) is 74.8 Å². The summed E-state index contributed by atoms with van der Waals surface area (Å²) in [7, 11) is 0. The summed E-state index contributed by atoms with van der Waals surface area (Å²) in [5.41, 5.74) is 1.42. The van der Waals surface area contributed by atoms with Gasteiger partial charge in [-0.2, -0.15) is 0 Å². The largest absolute Gasteiger partial charge is 0.307 e. The first-order valence-electron chi connectivity index (χ1n) is 8.20. The molecule has 8 heteroatoms. The molecule has 1 atom stereocenters. The van der Waals surface area contributed by atoms with E-state index in [0.717, 1.165) is 17.7 Å². The maximum absolute atomic E-state index is 13.4. The Balaban J connectivity index is 1.49. The lowest BCUT2D eigenvalue weighted by Crippen LogP contribution is -2.28. The van der Waals surface area contributed by atoms with Crippen LogP contribution in [0.1, 0.15) is 12.0 Å². The molecule has 1 aromatic carbocycles. The van der Waals surface area contributed by atoms with Crippen molar-refractivity contribution in [3.05, 3.63) is 59.9 Å². The molecule has 1 fully saturated rings. The second-order valence-electron chi connectivity index (χ2n) is 6.16. The van der Waals surface area contributed by atoms with Crippen molar-refractivity contribution < 1.29 is 13.6 Å². The maximum atomic E-state index is 13.4. The highest BCUT2D eigenvalue weighted by molar-refractivity contribution is 5.95. The van der Waals surface area contributed by atoms with Crippen LogP contribution in [0.2, 0.25) is 0 Å². The highest BCUT2D eigenvalue weighted by Crippen LogP contribution is 2.27. The van der Waals surface area contributed by atoms with Gasteiger partial charge in [-0.1, -0.05) is 6.07 Å². The van der Waals surface area contributed by atoms with E-state index in [-0.39, 0.29) is 11.8 Å². The molecule has 1 N–H and O–H groups in total. The average Bonchev–Trinajstić information content (AvgIpc) is 3.27. The molecule has 1 aliphatic rings. The van der Waals surface area contributed by atoms with E-state index < -0.39 is 11.6 Å². The lowest BCUT2D eigenvalue weighted by molar-refractivity contribution is -0.120. The predicted molar refractivity (Wildman–Crippen MR) is 90.1 cm³/mol. The lowest BCUT2D eigenvalue weighted by atomic mass is 9.98. The minimum atomic E-state index is -0.901. The van der Waals surface area contributed by atoms with E-state index in [9.17, 15) is 13.6 Å². The highest BCUT2D eigenvalue weighted by Gasteiger charge is 2.34. The third kappa shape index (κ3) is 3.05. The van der Waals surface area contributed by atoms with Gasteiger partial charge in [-0.3, -0.25) is 14.7 Å². The van der Waals surface area contributed by atoms with Crippen LogP contribution in [-0.4, -0.2) is 32.6 Å². The summed E-state index contributed by atoms with van der Waals surface area (Å²) < 4.78 is 26.4. The highest BCUT2D eigenvalue weighted by atomic mass is 19.2. The number of carbonyl (C=O) groups is 1. The first kappa shape index (κ1) is 16.3. The van der Waals surface area contributed by atoms with E-state index in [0.29, 0.717) is 36.7 Å². The smallest absolute Gasteiger partial charge is 0.232 e. The summed E-state index contributed by atoms with van der Waals surface area (Å²) in [5.74, 6) is -1.25. The van der Waals surface area contributed by atoms with Gasteiger partial charge in [-0.05, 0) is 42.7 Å². The SMILES string of the molecule is O=C1C(Cc2ccc(F)c(F)c2)CCN1c1nnc(-c2ccncc2)[nH]1. The summed E-state index contributed by atoms with van der Waals surface area (Å²) in [4.78, 5) is 21.2. The van der Waals surface area contributed by atoms with Crippen molar-refractivity contribution in [1.82, 2.24) is 20.2 Å². The molecular weight excluding hydrogens is 340 g/mol. The number of carbonyl (C=O) groups excluding carboxylic acids is 1. The summed E-state index contributed by atoms with van der Waals surface area (Å²) in [5, 5.41) is 8.14. The van der Waals surface area contributed by atoms with Gasteiger partial charge in [0.2, 0.25) is 11.9 Å². The van der Waals surface area contributed by atoms with Gasteiger partial charge in [-0.15, -0.1) is 10.2 Å². The number of nitrogens with zero attached hydrogens (tertiary/aromatic N) is 4. The maximum Gasteiger partial charge on any atom is 0.232 e. The molecule has 1 saturated heterocycles. The molecule has 0 bridgehead atoms. The van der Waals surface area contributed by atoms with Crippen molar-refractivity contribution in [2.75, 3.05) is 11.4 Å². The first-order valence-corrected chi connectivity index (χ1v) is 8.20. The van der Waals surface area contributed by atoms with Crippen molar-refractivity contribution in [1.29, 1.82) is 0 Å². The Morgan fingerprint density at radius 2 is 1.92 bits per heavy atom. The third-order valence-corrected chi connectivity index (χ3v) is 4.47. The standard InChI is InChI=1S/C18H15F2N5O/c19-14-2-1-11(10-15(14)20)9-13-5-8-25(17(13)26)18-22-16(23-24-18)12-3-6-21-7-4-12/h1-4,6-7,10,13H,5,8-9H2,(H,22,23,24). The van der Waals surface area contributed by atoms with Gasteiger partial charge in [0, 0.05) is 30.4 Å². The number of amides is 1. The van der Waals surface area contributed by atoms with Crippen molar-refractivity contribution >= 4 is 11.9 Å². The summed E-state index contributed by atoms with van der Waals surface area (Å²) in [6.07, 6.45) is 4.27. The molecule has 1 unspecified atom stereocenters. The van der Waals surface area contributed by atoms with E-state index in [4.69, 9.17) is 0 Å². The van der Waals surface area contributed by atoms with Gasteiger partial charge in [0.25, 0.3) is 0 Å². The van der Waals surface area contributed by atoms with Crippen LogP contribution in [0.3, 0.4) is 0 Å². The molecule has 1 aliphatic heterocycles. The zero-order valence-corrected chi connectivity index (χ0v) is 13.7. The van der Waals surface area contributed by atoms with Gasteiger partial charge < -0.3 is 4.98 Å². The van der Waals surface area contributed by atoms with Crippen LogP contribution in [0.25, 0.3) is 11.4 Å². The molecule has 26 heavy (non-hydrogen) atoms. The third-order valence-electron chi connectivity index (χ3n) is 4.47. The number of hydrogen-bond donors (Lipinski definition) is 1. The van der Waals surface area contributed by atoms with Crippen molar-refractivity contribution in [3.8, 4) is 11.4 Å². The van der Waals surface area contributed by atoms with Gasteiger partial charge >= 0.3 is 0 Å². The van der Waals surface area contributed by atoms with E-state index in [1.807, 2.05) is 0 Å². The van der Waals surface area contributed by atoms with Crippen LogP contribution in [0.15, 0.2) is 42.7 Å². The van der Waals surface area contributed by atoms with Crippen LogP contribution >= 0.6 is 0 Å². The Labute approximate surface area is 147 Å². The quantitative estimate of drug-likeness (QED) is 0.781. The van der Waals surface area contributed by atoms with Crippen LogP contribution in [0.5, 0.6) is 0 Å². The molecule has 3 aromatic rings. The molecule has 0 aliphatic carbocycles. The first-order chi connectivity index (χ1) is 12.6. The van der Waals surface area contributed by atoms with Crippen LogP contribution in [0, 0.1) is 17.6 Å². The molecule has 1 amide bonds. The predicted octanol–water partition coefficient (Wildman–Crippen LogP) is 2.74. The number of rotatable bonds is 4. The average molecular weight is 355 g/mol. The van der Waals surface area contributed by atoms with Gasteiger partial charge in [0.15, 0.2) is 17.5 Å². The van der Waals surface area contributed by atoms with Crippen molar-refractivity contribution in [2.45, 2.75) is 12.8 Å². The molecule has 3 heterocycles. The monoisotopic (exact) mass is 355 g/mol. The Bertz CT molecular complexity index is 944. The number of anilines is 1. The molecule has 2 aromatic heterocycles. The Morgan fingerprint density at radius 3 is 2.69 bits per heavy atom. The zero-order valence-electron chi connectivity index (χ0n) is 13.7. The fraction of sp³-hybridized carbons (Fsp3) is 0.222. The van der Waals surface area contributed by atoms with Crippen LogP contribution in [0.4, 0.5) is 14.7 Å². The van der Waals surface area contributed by atoms with Crippen molar-refractivity contribution in [3.63, 3.8) is 0 Å². The van der Waals surface area contributed by atoms with Crippen LogP contribution < -0.4 is 4.90 Å². The number of benzene rings is 1. The van der Waals surface area contributed by atoms with Crippen molar-refractivity contribution in [2.24, 2.45) is 5.92 Å². The normalized spacial score (nSPS) is 17.1. The van der Waals surface area contributed by atoms with Gasteiger partial charge in [0.1, 0.15) is 0 Å². The number of hydrogen-bond acceptors (Lipinski definition) is 4. The summed E-state index contributed by atoms with van der Waals surface area (Å²) in [6.45, 7) is 0.498. The molecule has 0 saturated carbocycles. The lowest BCUT2D eigenvalue weighted by Gasteiger charge is -2.13. The molecular formula is C18H15F2N5O. The summed E-state index contributed by atoms with van der Waals surface area (Å²) in [6, 6.07) is 7.31. The number of pyridine rings is 1. The number of H-pyrrole nitrogens is 1. The second kappa shape index (κ2) is 6.62. The fourth-order valence-corrected chi connectivity index (χ4v) is 3.10. The van der Waals surface area contributed by atoms with Gasteiger partial charge in [-0.25, -0.2) is 8.78 Å². The fourth-order valence-electron chi connectivity index (χ4n) is 3.10. The Morgan fingerprint density at radius 1 is 1.12 bits per heavy atom. The van der Waals surface area contributed by atoms with Crippen LogP contribution in [-0.2, 0) is 11.2 Å². The van der Waals surface area contributed by atoms with Gasteiger partial charge in [0.05, 0.1) is 0 Å². The van der Waals surface area contributed by atoms with E-state index in [2.05, 4.69) is 20.2 Å². The number of aromatic amines is 1. The molecule has 0 spiro atoms. The second-order valence-corrected chi connectivity index (χ2v) is 6.16. The number of halogens is 2. The van der Waals surface area contributed by atoms with E-state index in [1.54, 1.807) is 29.4 Å². The Hall–Kier alpha value is -3.16. The molecule has 4 rings (SSSR count). The molecule has 0 radical (unpaired) electrons. The summed E-state index contributed by atoms with van der Waals surface area (Å²) >= 11 is 0. The van der Waals surface area contributed by atoms with E-state index >= 15 is 0 Å². The Kier molecular flexibility index (Phi) is 4.16. The number of nitrogens with one attached hydrogen (secondary N) is 1. The minimum Gasteiger partial charge on any atom is -0.307 e. The zero-order chi connectivity index (χ0) is 18.1. The van der Waals surface area contributed by atoms with E-state index in [1.165, 1.54) is 6.07 Å². The molecule has 6 nitrogen and oxygen atoms in total.